The number of nitrogen functional groups attached to an aromatic ring is 1. The van der Waals surface area contributed by atoms with E-state index >= 15 is 0 Å². The first-order valence-corrected chi connectivity index (χ1v) is 5.80. The summed E-state index contributed by atoms with van der Waals surface area (Å²) < 4.78 is 23.0. The van der Waals surface area contributed by atoms with E-state index in [9.17, 15) is 4.39 Å². The number of hydrogen-bond acceptors (Lipinski definition) is 6. The number of fused-ring (bicyclic) bond motifs is 1. The van der Waals surface area contributed by atoms with Gasteiger partial charge in [0.05, 0.1) is 18.5 Å². The summed E-state index contributed by atoms with van der Waals surface area (Å²) in [5.41, 5.74) is 8.53. The quantitative estimate of drug-likeness (QED) is 0.714. The van der Waals surface area contributed by atoms with E-state index in [0.29, 0.717) is 28.1 Å². The van der Waals surface area contributed by atoms with Crippen molar-refractivity contribution >= 4 is 28.1 Å². The fraction of sp³-hybridized carbons (Fsp3) is 0.0769. The molecule has 0 aliphatic rings. The van der Waals surface area contributed by atoms with E-state index in [1.807, 2.05) is 0 Å². The van der Waals surface area contributed by atoms with Gasteiger partial charge in [-0.25, -0.2) is 9.02 Å². The van der Waals surface area contributed by atoms with E-state index < -0.39 is 5.82 Å². The van der Waals surface area contributed by atoms with Gasteiger partial charge >= 0.3 is 0 Å². The molecule has 0 radical (unpaired) electrons. The number of halogens is 1. The monoisotopic (exact) mass is 274 g/mol. The molecule has 0 spiro atoms. The molecule has 0 bridgehead atoms. The first-order chi connectivity index (χ1) is 9.69. The van der Waals surface area contributed by atoms with Gasteiger partial charge in [-0.2, -0.15) is 0 Å². The van der Waals surface area contributed by atoms with Crippen molar-refractivity contribution in [2.24, 2.45) is 0 Å². The van der Waals surface area contributed by atoms with E-state index in [0.717, 1.165) is 0 Å². The van der Waals surface area contributed by atoms with Gasteiger partial charge in [0.2, 0.25) is 0 Å². The molecule has 1 heterocycles. The number of ether oxygens (including phenoxy) is 1. The summed E-state index contributed by atoms with van der Waals surface area (Å²) in [6, 6.07) is 7.89. The highest BCUT2D eigenvalue weighted by Crippen LogP contribution is 2.29. The van der Waals surface area contributed by atoms with Crippen LogP contribution in [0.25, 0.3) is 11.0 Å². The number of hydrogen-bond donors (Lipinski definition) is 2. The molecule has 102 valence electrons. The van der Waals surface area contributed by atoms with Crippen molar-refractivity contribution in [1.82, 2.24) is 10.3 Å². The van der Waals surface area contributed by atoms with Crippen molar-refractivity contribution in [1.29, 1.82) is 0 Å². The number of anilines is 3. The zero-order chi connectivity index (χ0) is 14.1. The largest absolute Gasteiger partial charge is 0.494 e. The number of rotatable bonds is 3. The van der Waals surface area contributed by atoms with Gasteiger partial charge in [-0.3, -0.25) is 0 Å². The van der Waals surface area contributed by atoms with Gasteiger partial charge < -0.3 is 15.8 Å². The molecule has 0 amide bonds. The van der Waals surface area contributed by atoms with Crippen LogP contribution in [0.15, 0.2) is 35.0 Å². The van der Waals surface area contributed by atoms with Gasteiger partial charge in [-0.15, -0.1) is 0 Å². The van der Waals surface area contributed by atoms with Crippen molar-refractivity contribution < 1.29 is 13.8 Å². The van der Waals surface area contributed by atoms with Gasteiger partial charge in [0.15, 0.2) is 22.6 Å². The molecule has 3 rings (SSSR count). The Morgan fingerprint density at radius 2 is 2.00 bits per heavy atom. The molecule has 1 aromatic heterocycles. The van der Waals surface area contributed by atoms with Gasteiger partial charge in [-0.1, -0.05) is 0 Å². The number of nitrogens with one attached hydrogen (secondary N) is 1. The standard InChI is InChI=1S/C13H11FN4O2/c1-19-11-6-7(2-3-8(11)14)16-10-5-4-9(15)12-13(10)18-20-17-12/h2-6,16H,15H2,1H3. The fourth-order valence-corrected chi connectivity index (χ4v) is 1.88. The lowest BCUT2D eigenvalue weighted by Crippen LogP contribution is -1.95. The van der Waals surface area contributed by atoms with Crippen molar-refractivity contribution in [2.45, 2.75) is 0 Å². The van der Waals surface area contributed by atoms with E-state index in [1.165, 1.54) is 13.2 Å². The summed E-state index contributed by atoms with van der Waals surface area (Å²) in [5.74, 6) is -0.274. The van der Waals surface area contributed by atoms with Crippen LogP contribution in [0.5, 0.6) is 5.75 Å². The minimum absolute atomic E-state index is 0.153. The highest BCUT2D eigenvalue weighted by molar-refractivity contribution is 5.96. The predicted octanol–water partition coefficient (Wildman–Crippen LogP) is 2.70. The minimum Gasteiger partial charge on any atom is -0.494 e. The average Bonchev–Trinajstić information content (AvgIpc) is 2.94. The Labute approximate surface area is 113 Å². The van der Waals surface area contributed by atoms with Crippen molar-refractivity contribution in [2.75, 3.05) is 18.2 Å². The number of nitrogens with two attached hydrogens (primary N) is 1. The summed E-state index contributed by atoms with van der Waals surface area (Å²) in [6.07, 6.45) is 0. The average molecular weight is 274 g/mol. The predicted molar refractivity (Wildman–Crippen MR) is 72.5 cm³/mol. The molecular weight excluding hydrogens is 263 g/mol. The minimum atomic E-state index is -0.427. The third-order valence-corrected chi connectivity index (χ3v) is 2.88. The van der Waals surface area contributed by atoms with Crippen LogP contribution >= 0.6 is 0 Å². The van der Waals surface area contributed by atoms with E-state index in [-0.39, 0.29) is 5.75 Å². The van der Waals surface area contributed by atoms with Crippen LogP contribution in [0, 0.1) is 5.82 Å². The number of nitrogens with zero attached hydrogens (tertiary/aromatic N) is 2. The normalized spacial score (nSPS) is 10.7. The highest BCUT2D eigenvalue weighted by atomic mass is 19.1. The van der Waals surface area contributed by atoms with Crippen LogP contribution in [0.2, 0.25) is 0 Å². The smallest absolute Gasteiger partial charge is 0.165 e. The Balaban J connectivity index is 2.01. The Kier molecular flexibility index (Phi) is 2.86. The van der Waals surface area contributed by atoms with Crippen molar-refractivity contribution in [3.8, 4) is 5.75 Å². The van der Waals surface area contributed by atoms with Crippen LogP contribution in [0.3, 0.4) is 0 Å². The maximum Gasteiger partial charge on any atom is 0.165 e. The van der Waals surface area contributed by atoms with E-state index in [1.54, 1.807) is 24.3 Å². The van der Waals surface area contributed by atoms with Gasteiger partial charge in [0.25, 0.3) is 0 Å². The van der Waals surface area contributed by atoms with Crippen LogP contribution < -0.4 is 15.8 Å². The summed E-state index contributed by atoms with van der Waals surface area (Å²) in [4.78, 5) is 0. The molecule has 0 saturated carbocycles. The molecular formula is C13H11FN4O2. The maximum atomic E-state index is 13.4. The first kappa shape index (κ1) is 12.2. The number of benzene rings is 2. The van der Waals surface area contributed by atoms with Crippen molar-refractivity contribution in [3.63, 3.8) is 0 Å². The molecule has 0 unspecified atom stereocenters. The first-order valence-electron chi connectivity index (χ1n) is 5.80. The topological polar surface area (TPSA) is 86.2 Å². The second kappa shape index (κ2) is 4.69. The zero-order valence-electron chi connectivity index (χ0n) is 10.6. The fourth-order valence-electron chi connectivity index (χ4n) is 1.88. The van der Waals surface area contributed by atoms with Gasteiger partial charge in [-0.05, 0) is 34.6 Å². The summed E-state index contributed by atoms with van der Waals surface area (Å²) >= 11 is 0. The van der Waals surface area contributed by atoms with Gasteiger partial charge in [0, 0.05) is 11.8 Å². The Hall–Kier alpha value is -2.83. The molecule has 7 heteroatoms. The third-order valence-electron chi connectivity index (χ3n) is 2.88. The SMILES string of the molecule is COc1cc(Nc2ccc(N)c3nonc23)ccc1F. The molecule has 0 fully saturated rings. The number of aromatic nitrogens is 2. The Morgan fingerprint density at radius 3 is 2.80 bits per heavy atom. The molecule has 6 nitrogen and oxygen atoms in total. The van der Waals surface area contributed by atoms with Crippen LogP contribution in [-0.4, -0.2) is 17.4 Å². The van der Waals surface area contributed by atoms with E-state index in [2.05, 4.69) is 20.3 Å². The second-order valence-electron chi connectivity index (χ2n) is 4.14. The van der Waals surface area contributed by atoms with E-state index in [4.69, 9.17) is 10.5 Å². The molecule has 0 aliphatic carbocycles. The molecule has 0 aliphatic heterocycles. The summed E-state index contributed by atoms with van der Waals surface area (Å²) in [5, 5.41) is 10.6. The summed E-state index contributed by atoms with van der Waals surface area (Å²) in [7, 11) is 1.41. The summed E-state index contributed by atoms with van der Waals surface area (Å²) in [6.45, 7) is 0. The second-order valence-corrected chi connectivity index (χ2v) is 4.14. The lowest BCUT2D eigenvalue weighted by Gasteiger charge is -2.09. The maximum absolute atomic E-state index is 13.4. The molecule has 2 aromatic carbocycles. The molecule has 20 heavy (non-hydrogen) atoms. The van der Waals surface area contributed by atoms with Crippen LogP contribution in [0.4, 0.5) is 21.5 Å². The Morgan fingerprint density at radius 1 is 1.20 bits per heavy atom. The lowest BCUT2D eigenvalue weighted by molar-refractivity contribution is 0.316. The molecule has 3 N–H and O–H groups in total. The van der Waals surface area contributed by atoms with Crippen LogP contribution in [0.1, 0.15) is 0 Å². The van der Waals surface area contributed by atoms with Crippen LogP contribution in [-0.2, 0) is 0 Å². The molecule has 0 saturated heterocycles. The Bertz CT molecular complexity index is 772. The molecule has 3 aromatic rings. The highest BCUT2D eigenvalue weighted by Gasteiger charge is 2.11. The molecule has 0 atom stereocenters. The third kappa shape index (κ3) is 1.99. The van der Waals surface area contributed by atoms with Crippen molar-refractivity contribution in [3.05, 3.63) is 36.1 Å². The number of methoxy groups -OCH3 is 1. The lowest BCUT2D eigenvalue weighted by atomic mass is 10.2. The zero-order valence-corrected chi connectivity index (χ0v) is 10.6. The van der Waals surface area contributed by atoms with Gasteiger partial charge in [0.1, 0.15) is 0 Å².